The van der Waals surface area contributed by atoms with Gasteiger partial charge in [-0.1, -0.05) is 5.16 Å². The van der Waals surface area contributed by atoms with Crippen LogP contribution in [0.1, 0.15) is 35.0 Å². The molecule has 5 rings (SSSR count). The van der Waals surface area contributed by atoms with Gasteiger partial charge in [-0.05, 0) is 43.2 Å². The van der Waals surface area contributed by atoms with E-state index in [1.54, 1.807) is 24.1 Å². The van der Waals surface area contributed by atoms with Gasteiger partial charge in [-0.3, -0.25) is 4.79 Å². The van der Waals surface area contributed by atoms with Crippen LogP contribution in [0, 0.1) is 0 Å². The number of nitrogens with zero attached hydrogens (tertiary/aromatic N) is 4. The third-order valence-electron chi connectivity index (χ3n) is 5.76. The minimum atomic E-state index is -0.0622. The quantitative estimate of drug-likeness (QED) is 0.582. The van der Waals surface area contributed by atoms with Crippen LogP contribution in [0.4, 0.5) is 0 Å². The summed E-state index contributed by atoms with van der Waals surface area (Å²) in [6, 6.07) is 11.0. The molecule has 2 aromatic heterocycles. The lowest BCUT2D eigenvalue weighted by Crippen LogP contribution is -2.56. The topological polar surface area (TPSA) is 99.8 Å². The normalized spacial score (nSPS) is 17.1. The molecular formula is C23H24N4O5. The van der Waals surface area contributed by atoms with Crippen LogP contribution in [-0.4, -0.2) is 65.4 Å². The van der Waals surface area contributed by atoms with Gasteiger partial charge in [0.1, 0.15) is 11.9 Å². The van der Waals surface area contributed by atoms with E-state index in [0.717, 1.165) is 37.4 Å². The number of pyridine rings is 1. The molecule has 32 heavy (non-hydrogen) atoms. The van der Waals surface area contributed by atoms with Crippen LogP contribution in [-0.2, 0) is 4.74 Å². The predicted molar refractivity (Wildman–Crippen MR) is 114 cm³/mol. The Morgan fingerprint density at radius 1 is 1.09 bits per heavy atom. The van der Waals surface area contributed by atoms with E-state index in [1.807, 2.05) is 24.3 Å². The number of rotatable bonds is 6. The summed E-state index contributed by atoms with van der Waals surface area (Å²) in [7, 11) is 1.54. The van der Waals surface area contributed by atoms with Crippen LogP contribution in [0.5, 0.6) is 11.6 Å². The molecule has 2 aliphatic heterocycles. The second-order valence-electron chi connectivity index (χ2n) is 7.91. The summed E-state index contributed by atoms with van der Waals surface area (Å²) in [6.07, 6.45) is 3.30. The predicted octanol–water partition coefficient (Wildman–Crippen LogP) is 2.94. The first-order valence-electron chi connectivity index (χ1n) is 10.7. The number of amides is 1. The third-order valence-corrected chi connectivity index (χ3v) is 5.76. The van der Waals surface area contributed by atoms with Crippen molar-refractivity contribution in [3.63, 3.8) is 0 Å². The average Bonchev–Trinajstić information content (AvgIpc) is 3.32. The van der Waals surface area contributed by atoms with Crippen molar-refractivity contribution in [1.82, 2.24) is 20.0 Å². The van der Waals surface area contributed by atoms with Gasteiger partial charge < -0.3 is 23.6 Å². The molecule has 0 aliphatic carbocycles. The molecule has 0 N–H and O–H groups in total. The van der Waals surface area contributed by atoms with Gasteiger partial charge in [-0.15, -0.1) is 0 Å². The number of carbonyl (C=O) groups excluding carboxylic acids is 1. The number of methoxy groups -OCH3 is 1. The fourth-order valence-corrected chi connectivity index (χ4v) is 3.83. The second-order valence-corrected chi connectivity index (χ2v) is 7.91. The van der Waals surface area contributed by atoms with Crippen LogP contribution < -0.4 is 9.47 Å². The maximum atomic E-state index is 12.5. The largest absolute Gasteiger partial charge is 0.487 e. The number of hydrogen-bond acceptors (Lipinski definition) is 8. The summed E-state index contributed by atoms with van der Waals surface area (Å²) in [4.78, 5) is 22.9. The van der Waals surface area contributed by atoms with Crippen molar-refractivity contribution < 1.29 is 23.5 Å². The van der Waals surface area contributed by atoms with Gasteiger partial charge in [0.2, 0.25) is 17.6 Å². The molecule has 0 bridgehead atoms. The summed E-state index contributed by atoms with van der Waals surface area (Å²) in [5.41, 5.74) is 1.41. The zero-order valence-corrected chi connectivity index (χ0v) is 17.8. The molecule has 1 aromatic carbocycles. The van der Waals surface area contributed by atoms with Crippen molar-refractivity contribution in [2.24, 2.45) is 0 Å². The van der Waals surface area contributed by atoms with E-state index < -0.39 is 0 Å². The second kappa shape index (κ2) is 8.96. The summed E-state index contributed by atoms with van der Waals surface area (Å²) in [5, 5.41) is 4.12. The highest BCUT2D eigenvalue weighted by molar-refractivity contribution is 5.94. The molecule has 4 heterocycles. The molecule has 9 nitrogen and oxygen atoms in total. The minimum absolute atomic E-state index is 0.0405. The van der Waals surface area contributed by atoms with Gasteiger partial charge in [0.05, 0.1) is 25.8 Å². The Labute approximate surface area is 185 Å². The molecule has 1 amide bonds. The standard InChI is InChI=1S/C23H24N4O5/c1-29-20-7-4-17(12-24-20)23(28)27-13-19(14-27)31-18-5-2-15(3-6-18)21-25-22(32-26-21)16-8-10-30-11-9-16/h2-7,12,16,19H,8-11,13-14H2,1H3. The molecule has 0 saturated carbocycles. The van der Waals surface area contributed by atoms with Crippen molar-refractivity contribution in [3.05, 3.63) is 54.0 Å². The number of carbonyl (C=O) groups is 1. The van der Waals surface area contributed by atoms with E-state index in [4.69, 9.17) is 18.7 Å². The van der Waals surface area contributed by atoms with Gasteiger partial charge in [0.25, 0.3) is 5.91 Å². The highest BCUT2D eigenvalue weighted by atomic mass is 16.5. The fourth-order valence-electron chi connectivity index (χ4n) is 3.83. The lowest BCUT2D eigenvalue weighted by atomic mass is 10.0. The maximum absolute atomic E-state index is 12.5. The molecular weight excluding hydrogens is 412 g/mol. The van der Waals surface area contributed by atoms with Gasteiger partial charge in [0.15, 0.2) is 0 Å². The van der Waals surface area contributed by atoms with Crippen molar-refractivity contribution >= 4 is 5.91 Å². The molecule has 2 fully saturated rings. The Morgan fingerprint density at radius 3 is 2.56 bits per heavy atom. The van der Waals surface area contributed by atoms with Crippen LogP contribution in [0.15, 0.2) is 47.1 Å². The highest BCUT2D eigenvalue weighted by Crippen LogP contribution is 2.28. The first-order valence-corrected chi connectivity index (χ1v) is 10.7. The molecule has 9 heteroatoms. The molecule has 2 saturated heterocycles. The van der Waals surface area contributed by atoms with E-state index in [0.29, 0.717) is 36.2 Å². The Morgan fingerprint density at radius 2 is 1.88 bits per heavy atom. The maximum Gasteiger partial charge on any atom is 0.255 e. The van der Waals surface area contributed by atoms with Crippen LogP contribution in [0.2, 0.25) is 0 Å². The van der Waals surface area contributed by atoms with Crippen LogP contribution in [0.3, 0.4) is 0 Å². The smallest absolute Gasteiger partial charge is 0.255 e. The van der Waals surface area contributed by atoms with Crippen molar-refractivity contribution in [1.29, 1.82) is 0 Å². The number of benzene rings is 1. The number of aromatic nitrogens is 3. The average molecular weight is 436 g/mol. The van der Waals surface area contributed by atoms with E-state index in [1.165, 1.54) is 6.20 Å². The summed E-state index contributed by atoms with van der Waals surface area (Å²) in [5.74, 6) is 2.68. The number of likely N-dealkylation sites (tertiary alicyclic amines) is 1. The molecule has 0 unspecified atom stereocenters. The first kappa shape index (κ1) is 20.4. The SMILES string of the molecule is COc1ccc(C(=O)N2CC(Oc3ccc(-c4noc(C5CCOCC5)n4)cc3)C2)cn1. The molecule has 166 valence electrons. The zero-order valence-electron chi connectivity index (χ0n) is 17.8. The van der Waals surface area contributed by atoms with Crippen molar-refractivity contribution in [2.75, 3.05) is 33.4 Å². The van der Waals surface area contributed by atoms with Crippen molar-refractivity contribution in [3.8, 4) is 23.0 Å². The van der Waals surface area contributed by atoms with Crippen LogP contribution in [0.25, 0.3) is 11.4 Å². The number of ether oxygens (including phenoxy) is 3. The summed E-state index contributed by atoms with van der Waals surface area (Å²) in [6.45, 7) is 2.53. The monoisotopic (exact) mass is 436 g/mol. The van der Waals surface area contributed by atoms with E-state index in [9.17, 15) is 4.79 Å². The zero-order chi connectivity index (χ0) is 21.9. The van der Waals surface area contributed by atoms with E-state index in [-0.39, 0.29) is 17.9 Å². The van der Waals surface area contributed by atoms with Gasteiger partial charge in [-0.25, -0.2) is 4.98 Å². The Bertz CT molecular complexity index is 1050. The van der Waals surface area contributed by atoms with Gasteiger partial charge in [0, 0.05) is 37.0 Å². The Balaban J connectivity index is 1.14. The summed E-state index contributed by atoms with van der Waals surface area (Å²) < 4.78 is 21.9. The Hall–Kier alpha value is -3.46. The fraction of sp³-hybridized carbons (Fsp3) is 0.391. The molecule has 0 spiro atoms. The summed E-state index contributed by atoms with van der Waals surface area (Å²) >= 11 is 0. The van der Waals surface area contributed by atoms with E-state index in [2.05, 4.69) is 15.1 Å². The third kappa shape index (κ3) is 4.29. The highest BCUT2D eigenvalue weighted by Gasteiger charge is 2.33. The van der Waals surface area contributed by atoms with Crippen molar-refractivity contribution in [2.45, 2.75) is 24.9 Å². The molecule has 2 aliphatic rings. The minimum Gasteiger partial charge on any atom is -0.487 e. The van der Waals surface area contributed by atoms with E-state index >= 15 is 0 Å². The van der Waals surface area contributed by atoms with Gasteiger partial charge >= 0.3 is 0 Å². The lowest BCUT2D eigenvalue weighted by molar-refractivity contribution is 0.0177. The van der Waals surface area contributed by atoms with Crippen LogP contribution >= 0.6 is 0 Å². The van der Waals surface area contributed by atoms with Gasteiger partial charge in [-0.2, -0.15) is 4.98 Å². The molecule has 0 radical (unpaired) electrons. The first-order chi connectivity index (χ1) is 15.7. The lowest BCUT2D eigenvalue weighted by Gasteiger charge is -2.39. The Kier molecular flexibility index (Phi) is 5.72. The molecule has 0 atom stereocenters. The molecule has 3 aromatic rings. The number of hydrogen-bond donors (Lipinski definition) is 0.